The van der Waals surface area contributed by atoms with Crippen molar-refractivity contribution in [3.63, 3.8) is 0 Å². The number of benzene rings is 2. The van der Waals surface area contributed by atoms with E-state index in [2.05, 4.69) is 16.0 Å². The molecule has 7 heteroatoms. The van der Waals surface area contributed by atoms with Crippen LogP contribution in [0.15, 0.2) is 54.6 Å². The van der Waals surface area contributed by atoms with Gasteiger partial charge in [-0.15, -0.1) is 12.4 Å². The molecule has 0 aliphatic rings. The number of nitrogens with one attached hydrogen (secondary N) is 3. The van der Waals surface area contributed by atoms with Gasteiger partial charge in [-0.3, -0.25) is 4.79 Å². The average molecular weight is 391 g/mol. The lowest BCUT2D eigenvalue weighted by Crippen LogP contribution is -2.41. The Kier molecular flexibility index (Phi) is 9.33. The highest BCUT2D eigenvalue weighted by Crippen LogP contribution is 2.09. The van der Waals surface area contributed by atoms with Crippen LogP contribution < -0.4 is 21.7 Å². The Morgan fingerprint density at radius 2 is 1.59 bits per heavy atom. The predicted octanol–water partition coefficient (Wildman–Crippen LogP) is 2.82. The normalized spacial score (nSPS) is 11.3. The summed E-state index contributed by atoms with van der Waals surface area (Å²) in [6, 6.07) is 16.2. The fourth-order valence-corrected chi connectivity index (χ4v) is 2.42. The van der Waals surface area contributed by atoms with Crippen LogP contribution in [0.2, 0.25) is 0 Å². The number of urea groups is 1. The van der Waals surface area contributed by atoms with Gasteiger partial charge in [-0.05, 0) is 43.5 Å². The molecule has 0 saturated heterocycles. The van der Waals surface area contributed by atoms with Crippen LogP contribution in [0.5, 0.6) is 0 Å². The molecule has 0 aliphatic heterocycles. The lowest BCUT2D eigenvalue weighted by Gasteiger charge is -2.13. The van der Waals surface area contributed by atoms with Gasteiger partial charge in [0.15, 0.2) is 0 Å². The maximum absolute atomic E-state index is 12.1. The summed E-state index contributed by atoms with van der Waals surface area (Å²) in [5.74, 6) is -0.188. The van der Waals surface area contributed by atoms with Crippen molar-refractivity contribution in [2.45, 2.75) is 38.9 Å². The topological polar surface area (TPSA) is 96.2 Å². The standard InChI is InChI=1S/C20H26N4O2.ClH/c1-14(2)23-20(26)24-17-10-8-16(9-11-17)13-22-19(25)18(21)12-15-6-4-3-5-7-15;/h3-11,14,18H,12-13,21H2,1-2H3,(H,22,25)(H2,23,24,26);1H. The monoisotopic (exact) mass is 390 g/mol. The molecule has 0 fully saturated rings. The highest BCUT2D eigenvalue weighted by molar-refractivity contribution is 5.89. The first-order valence-corrected chi connectivity index (χ1v) is 8.67. The quantitative estimate of drug-likeness (QED) is 0.585. The number of anilines is 1. The smallest absolute Gasteiger partial charge is 0.319 e. The summed E-state index contributed by atoms with van der Waals surface area (Å²) in [7, 11) is 0. The summed E-state index contributed by atoms with van der Waals surface area (Å²) in [6.07, 6.45) is 0.500. The lowest BCUT2D eigenvalue weighted by atomic mass is 10.1. The SMILES string of the molecule is CC(C)NC(=O)Nc1ccc(CNC(=O)C(N)Cc2ccccc2)cc1.Cl. The summed E-state index contributed by atoms with van der Waals surface area (Å²) in [4.78, 5) is 23.8. The second-order valence-corrected chi connectivity index (χ2v) is 6.46. The van der Waals surface area contributed by atoms with Gasteiger partial charge in [-0.1, -0.05) is 42.5 Å². The largest absolute Gasteiger partial charge is 0.351 e. The Bertz CT molecular complexity index is 721. The van der Waals surface area contributed by atoms with E-state index < -0.39 is 6.04 Å². The van der Waals surface area contributed by atoms with Crippen LogP contribution in [0.3, 0.4) is 0 Å². The van der Waals surface area contributed by atoms with Crippen LogP contribution in [0, 0.1) is 0 Å². The van der Waals surface area contributed by atoms with E-state index in [1.54, 1.807) is 12.1 Å². The van der Waals surface area contributed by atoms with Gasteiger partial charge in [0.2, 0.25) is 5.91 Å². The van der Waals surface area contributed by atoms with E-state index in [1.165, 1.54) is 0 Å². The van der Waals surface area contributed by atoms with Gasteiger partial charge >= 0.3 is 6.03 Å². The minimum atomic E-state index is -0.585. The van der Waals surface area contributed by atoms with Crippen molar-refractivity contribution in [3.8, 4) is 0 Å². The molecule has 1 atom stereocenters. The number of hydrogen-bond donors (Lipinski definition) is 4. The molecule has 1 unspecified atom stereocenters. The van der Waals surface area contributed by atoms with Crippen LogP contribution >= 0.6 is 12.4 Å². The Balaban J connectivity index is 0.00000364. The van der Waals surface area contributed by atoms with Gasteiger partial charge in [0.25, 0.3) is 0 Å². The molecule has 3 amide bonds. The third kappa shape index (κ3) is 8.11. The van der Waals surface area contributed by atoms with Gasteiger partial charge in [0, 0.05) is 18.3 Å². The summed E-state index contributed by atoms with van der Waals surface area (Å²) in [5.41, 5.74) is 8.62. The van der Waals surface area contributed by atoms with E-state index >= 15 is 0 Å². The maximum Gasteiger partial charge on any atom is 0.319 e. The molecule has 0 spiro atoms. The van der Waals surface area contributed by atoms with Crippen molar-refractivity contribution in [1.82, 2.24) is 10.6 Å². The molecule has 0 bridgehead atoms. The molecular formula is C20H27ClN4O2. The molecule has 2 aromatic rings. The zero-order valence-corrected chi connectivity index (χ0v) is 16.4. The van der Waals surface area contributed by atoms with Crippen LogP contribution in [-0.2, 0) is 17.8 Å². The molecule has 2 aromatic carbocycles. The molecule has 0 aromatic heterocycles. The molecule has 5 N–H and O–H groups in total. The van der Waals surface area contributed by atoms with Crippen molar-refractivity contribution in [3.05, 3.63) is 65.7 Å². The predicted molar refractivity (Wildman–Crippen MR) is 111 cm³/mol. The average Bonchev–Trinajstić information content (AvgIpc) is 2.61. The van der Waals surface area contributed by atoms with E-state index in [-0.39, 0.29) is 30.4 Å². The third-order valence-corrected chi connectivity index (χ3v) is 3.73. The molecule has 27 heavy (non-hydrogen) atoms. The second kappa shape index (κ2) is 11.2. The Labute approximate surface area is 166 Å². The lowest BCUT2D eigenvalue weighted by molar-refractivity contribution is -0.122. The van der Waals surface area contributed by atoms with Crippen LogP contribution in [-0.4, -0.2) is 24.0 Å². The van der Waals surface area contributed by atoms with Gasteiger partial charge in [-0.25, -0.2) is 4.79 Å². The van der Waals surface area contributed by atoms with Crippen molar-refractivity contribution in [2.24, 2.45) is 5.73 Å². The van der Waals surface area contributed by atoms with E-state index in [1.807, 2.05) is 56.3 Å². The Morgan fingerprint density at radius 3 is 2.19 bits per heavy atom. The summed E-state index contributed by atoms with van der Waals surface area (Å²) >= 11 is 0. The number of nitrogens with two attached hydrogens (primary N) is 1. The molecule has 146 valence electrons. The Hall–Kier alpha value is -2.57. The first-order valence-electron chi connectivity index (χ1n) is 8.67. The van der Waals surface area contributed by atoms with E-state index in [0.717, 1.165) is 11.1 Å². The van der Waals surface area contributed by atoms with Crippen molar-refractivity contribution in [1.29, 1.82) is 0 Å². The molecule has 2 rings (SSSR count). The molecule has 0 radical (unpaired) electrons. The minimum Gasteiger partial charge on any atom is -0.351 e. The Morgan fingerprint density at radius 1 is 0.963 bits per heavy atom. The van der Waals surface area contributed by atoms with Gasteiger partial charge in [0.1, 0.15) is 0 Å². The van der Waals surface area contributed by atoms with Crippen LogP contribution in [0.4, 0.5) is 10.5 Å². The van der Waals surface area contributed by atoms with Crippen LogP contribution in [0.25, 0.3) is 0 Å². The van der Waals surface area contributed by atoms with Crippen LogP contribution in [0.1, 0.15) is 25.0 Å². The first-order chi connectivity index (χ1) is 12.4. The zero-order valence-electron chi connectivity index (χ0n) is 15.6. The second-order valence-electron chi connectivity index (χ2n) is 6.46. The van der Waals surface area contributed by atoms with Gasteiger partial charge in [0.05, 0.1) is 6.04 Å². The summed E-state index contributed by atoms with van der Waals surface area (Å²) in [6.45, 7) is 4.18. The number of amides is 3. The molecule has 0 heterocycles. The third-order valence-electron chi connectivity index (χ3n) is 3.73. The van der Waals surface area contributed by atoms with E-state index in [4.69, 9.17) is 5.73 Å². The van der Waals surface area contributed by atoms with E-state index in [0.29, 0.717) is 18.7 Å². The summed E-state index contributed by atoms with van der Waals surface area (Å²) in [5, 5.41) is 8.35. The first kappa shape index (κ1) is 22.5. The minimum absolute atomic E-state index is 0. The molecule has 6 nitrogen and oxygen atoms in total. The maximum atomic E-state index is 12.1. The van der Waals surface area contributed by atoms with Crippen molar-refractivity contribution >= 4 is 30.0 Å². The number of halogens is 1. The van der Waals surface area contributed by atoms with E-state index in [9.17, 15) is 9.59 Å². The summed E-state index contributed by atoms with van der Waals surface area (Å²) < 4.78 is 0. The number of hydrogen-bond acceptors (Lipinski definition) is 3. The molecule has 0 aliphatic carbocycles. The van der Waals surface area contributed by atoms with Gasteiger partial charge < -0.3 is 21.7 Å². The fourth-order valence-electron chi connectivity index (χ4n) is 2.42. The van der Waals surface area contributed by atoms with Crippen molar-refractivity contribution in [2.75, 3.05) is 5.32 Å². The van der Waals surface area contributed by atoms with Crippen molar-refractivity contribution < 1.29 is 9.59 Å². The molecule has 0 saturated carbocycles. The highest BCUT2D eigenvalue weighted by Gasteiger charge is 2.13. The number of carbonyl (C=O) groups excluding carboxylic acids is 2. The fraction of sp³-hybridized carbons (Fsp3) is 0.300. The number of carbonyl (C=O) groups is 2. The molecular weight excluding hydrogens is 364 g/mol. The zero-order chi connectivity index (χ0) is 18.9. The van der Waals surface area contributed by atoms with Gasteiger partial charge in [-0.2, -0.15) is 0 Å². The number of rotatable bonds is 7. The highest BCUT2D eigenvalue weighted by atomic mass is 35.5.